The Kier molecular flexibility index (Phi) is 10.7. The van der Waals surface area contributed by atoms with E-state index in [1.807, 2.05) is 51.1 Å². The van der Waals surface area contributed by atoms with Crippen LogP contribution >= 0.6 is 0 Å². The predicted molar refractivity (Wildman–Crippen MR) is 176 cm³/mol. The summed E-state index contributed by atoms with van der Waals surface area (Å²) in [4.78, 5) is 34.5. The van der Waals surface area contributed by atoms with Gasteiger partial charge in [0.2, 0.25) is 5.91 Å². The Morgan fingerprint density at radius 2 is 1.63 bits per heavy atom. The molecule has 0 spiro atoms. The third-order valence-electron chi connectivity index (χ3n) is 8.50. The topological polar surface area (TPSA) is 80.6 Å². The molecule has 4 aromatic rings. The van der Waals surface area contributed by atoms with E-state index in [1.165, 1.54) is 21.7 Å². The molecule has 0 unspecified atom stereocenters. The van der Waals surface area contributed by atoms with Crippen LogP contribution in [0.25, 0.3) is 11.4 Å². The zero-order chi connectivity index (χ0) is 35.5. The van der Waals surface area contributed by atoms with Crippen LogP contribution in [0.15, 0.2) is 72.8 Å². The molecule has 0 radical (unpaired) electrons. The van der Waals surface area contributed by atoms with E-state index in [0.29, 0.717) is 5.56 Å². The van der Waals surface area contributed by atoms with Crippen molar-refractivity contribution in [3.63, 3.8) is 0 Å². The van der Waals surface area contributed by atoms with E-state index in [-0.39, 0.29) is 55.9 Å². The highest BCUT2D eigenvalue weighted by Gasteiger charge is 2.44. The zero-order valence-electron chi connectivity index (χ0n) is 28.2. The van der Waals surface area contributed by atoms with Gasteiger partial charge in [-0.2, -0.15) is 5.10 Å². The number of hydrogen-bond donors (Lipinski definition) is 0. The summed E-state index contributed by atoms with van der Waals surface area (Å²) in [6.45, 7) is 8.91. The Balaban J connectivity index is 1.51. The summed E-state index contributed by atoms with van der Waals surface area (Å²) in [6.07, 6.45) is -2.10. The number of amides is 2. The SMILES string of the molecule is CC(C)C(=O)N(C[C@@H]1CN(C(=O)OCc2ccccc2)C[C@@H]1F)[C@@H](c1nc(-c2cc(F)ccc2F)nn1Cc1cccc(F)c1)C(C)(C)C. The molecule has 1 aliphatic rings. The Labute approximate surface area is 283 Å². The average molecular weight is 680 g/mol. The molecule has 5 rings (SSSR count). The van der Waals surface area contributed by atoms with Gasteiger partial charge in [0.15, 0.2) is 11.6 Å². The second-order valence-electron chi connectivity index (χ2n) is 13.8. The lowest BCUT2D eigenvalue weighted by atomic mass is 9.83. The third-order valence-corrected chi connectivity index (χ3v) is 8.50. The van der Waals surface area contributed by atoms with E-state index in [9.17, 15) is 18.4 Å². The van der Waals surface area contributed by atoms with Crippen molar-refractivity contribution >= 4 is 12.0 Å². The first-order valence-corrected chi connectivity index (χ1v) is 16.3. The van der Waals surface area contributed by atoms with Crippen molar-refractivity contribution in [2.24, 2.45) is 17.3 Å². The number of nitrogens with zero attached hydrogens (tertiary/aromatic N) is 5. The normalized spacial score (nSPS) is 17.0. The first kappa shape index (κ1) is 35.6. The smallest absolute Gasteiger partial charge is 0.410 e. The monoisotopic (exact) mass is 679 g/mol. The van der Waals surface area contributed by atoms with Crippen LogP contribution < -0.4 is 0 Å². The Morgan fingerprint density at radius 1 is 0.939 bits per heavy atom. The Bertz CT molecular complexity index is 1780. The first-order valence-electron chi connectivity index (χ1n) is 16.3. The molecule has 1 fully saturated rings. The van der Waals surface area contributed by atoms with Crippen molar-refractivity contribution in [3.8, 4) is 11.4 Å². The van der Waals surface area contributed by atoms with Crippen LogP contribution in [-0.4, -0.2) is 62.4 Å². The van der Waals surface area contributed by atoms with Gasteiger partial charge >= 0.3 is 6.09 Å². The van der Waals surface area contributed by atoms with Crippen LogP contribution in [-0.2, 0) is 22.7 Å². The number of aromatic nitrogens is 3. The Morgan fingerprint density at radius 3 is 2.31 bits per heavy atom. The lowest BCUT2D eigenvalue weighted by Crippen LogP contribution is -2.47. The Hall–Kier alpha value is -4.74. The van der Waals surface area contributed by atoms with Crippen molar-refractivity contribution < 1.29 is 31.9 Å². The highest BCUT2D eigenvalue weighted by molar-refractivity contribution is 5.78. The number of ether oxygens (including phenoxy) is 1. The molecule has 0 N–H and O–H groups in total. The molecule has 0 bridgehead atoms. The average Bonchev–Trinajstić information content (AvgIpc) is 3.62. The maximum absolute atomic E-state index is 15.7. The van der Waals surface area contributed by atoms with Crippen LogP contribution in [0.5, 0.6) is 0 Å². The summed E-state index contributed by atoms with van der Waals surface area (Å²) in [5.41, 5.74) is 0.396. The predicted octanol–water partition coefficient (Wildman–Crippen LogP) is 7.59. The molecule has 12 heteroatoms. The van der Waals surface area contributed by atoms with E-state index in [4.69, 9.17) is 9.72 Å². The molecule has 260 valence electrons. The fourth-order valence-corrected chi connectivity index (χ4v) is 6.13. The van der Waals surface area contributed by atoms with Gasteiger partial charge in [0.1, 0.15) is 30.2 Å². The molecule has 1 aromatic heterocycles. The number of carbonyl (C=O) groups is 2. The fourth-order valence-electron chi connectivity index (χ4n) is 6.13. The second kappa shape index (κ2) is 14.8. The van der Waals surface area contributed by atoms with Crippen LogP contribution in [0.4, 0.5) is 22.4 Å². The number of benzene rings is 3. The first-order chi connectivity index (χ1) is 23.2. The van der Waals surface area contributed by atoms with Gasteiger partial charge in [0.05, 0.1) is 24.7 Å². The molecule has 1 aliphatic heterocycles. The largest absolute Gasteiger partial charge is 0.445 e. The number of halogens is 4. The van der Waals surface area contributed by atoms with Crippen LogP contribution in [0.2, 0.25) is 0 Å². The molecule has 1 saturated heterocycles. The highest BCUT2D eigenvalue weighted by Crippen LogP contribution is 2.40. The van der Waals surface area contributed by atoms with Crippen molar-refractivity contribution in [1.29, 1.82) is 0 Å². The molecule has 3 aromatic carbocycles. The maximum Gasteiger partial charge on any atom is 0.410 e. The van der Waals surface area contributed by atoms with Gasteiger partial charge < -0.3 is 14.5 Å². The number of likely N-dealkylation sites (tertiary alicyclic amines) is 1. The van der Waals surface area contributed by atoms with Crippen molar-refractivity contribution in [1.82, 2.24) is 24.6 Å². The van der Waals surface area contributed by atoms with Crippen molar-refractivity contribution in [2.45, 2.75) is 60.0 Å². The number of alkyl halides is 1. The van der Waals surface area contributed by atoms with Crippen LogP contribution in [0, 0.1) is 34.7 Å². The molecular formula is C37H41F4N5O3. The standard InChI is InChI=1S/C37H41F4N5O3/c1-23(2)35(47)45(20-26-19-44(21-31(26)41)36(48)49-22-24-10-7-6-8-11-24)32(37(3,4)5)34-42-33(29-17-28(39)14-15-30(29)40)43-46(34)18-25-12-9-13-27(38)16-25/h6-17,23,26,31-32H,18-22H2,1-5H3/t26-,31-,32-/m0/s1. The van der Waals surface area contributed by atoms with Crippen LogP contribution in [0.3, 0.4) is 0 Å². The minimum atomic E-state index is -1.45. The molecule has 3 atom stereocenters. The molecule has 0 saturated carbocycles. The molecule has 2 heterocycles. The lowest BCUT2D eigenvalue weighted by molar-refractivity contribution is -0.141. The van der Waals surface area contributed by atoms with Gasteiger partial charge in [-0.05, 0) is 46.9 Å². The van der Waals surface area contributed by atoms with Crippen LogP contribution in [0.1, 0.15) is 57.6 Å². The molecule has 2 amide bonds. The summed E-state index contributed by atoms with van der Waals surface area (Å²) < 4.78 is 66.2. The van der Waals surface area contributed by atoms with Gasteiger partial charge in [0.25, 0.3) is 0 Å². The lowest BCUT2D eigenvalue weighted by Gasteiger charge is -2.41. The molecule has 49 heavy (non-hydrogen) atoms. The second-order valence-corrected chi connectivity index (χ2v) is 13.8. The maximum atomic E-state index is 15.7. The van der Waals surface area contributed by atoms with Gasteiger partial charge in [-0.1, -0.05) is 77.1 Å². The molecule has 8 nitrogen and oxygen atoms in total. The summed E-state index contributed by atoms with van der Waals surface area (Å²) in [5, 5.41) is 4.55. The quantitative estimate of drug-likeness (QED) is 0.162. The van der Waals surface area contributed by atoms with Crippen molar-refractivity contribution in [3.05, 3.63) is 107 Å². The van der Waals surface area contributed by atoms with E-state index in [0.717, 1.165) is 23.8 Å². The number of carbonyl (C=O) groups excluding carboxylic acids is 2. The summed E-state index contributed by atoms with van der Waals surface area (Å²) in [7, 11) is 0. The number of hydrogen-bond acceptors (Lipinski definition) is 5. The van der Waals surface area contributed by atoms with Crippen molar-refractivity contribution in [2.75, 3.05) is 19.6 Å². The van der Waals surface area contributed by atoms with E-state index < -0.39 is 53.0 Å². The molecular weight excluding hydrogens is 638 g/mol. The highest BCUT2D eigenvalue weighted by atomic mass is 19.1. The van der Waals surface area contributed by atoms with E-state index in [1.54, 1.807) is 30.9 Å². The van der Waals surface area contributed by atoms with Gasteiger partial charge in [-0.25, -0.2) is 32.0 Å². The summed E-state index contributed by atoms with van der Waals surface area (Å²) >= 11 is 0. The molecule has 0 aliphatic carbocycles. The third kappa shape index (κ3) is 8.47. The van der Waals surface area contributed by atoms with Gasteiger partial charge in [-0.15, -0.1) is 0 Å². The van der Waals surface area contributed by atoms with Gasteiger partial charge in [0, 0.05) is 24.9 Å². The fraction of sp³-hybridized carbons (Fsp3) is 0.405. The minimum Gasteiger partial charge on any atom is -0.445 e. The summed E-state index contributed by atoms with van der Waals surface area (Å²) in [6, 6.07) is 17.1. The minimum absolute atomic E-state index is 0.00349. The van der Waals surface area contributed by atoms with Gasteiger partial charge in [-0.3, -0.25) is 4.79 Å². The number of rotatable bonds is 10. The summed E-state index contributed by atoms with van der Waals surface area (Å²) in [5.74, 6) is -3.34. The zero-order valence-corrected chi connectivity index (χ0v) is 28.2. The van der Waals surface area contributed by atoms with E-state index in [2.05, 4.69) is 5.10 Å². The van der Waals surface area contributed by atoms with E-state index >= 15 is 8.78 Å².